The molecule has 1 aromatic heterocycles. The Hall–Kier alpha value is -1.80. The molecule has 0 saturated carbocycles. The number of terminal acetylenes is 1. The molecule has 5 heteroatoms. The Morgan fingerprint density at radius 2 is 2.64 bits per heavy atom. The second-order valence-corrected chi connectivity index (χ2v) is 2.49. The summed E-state index contributed by atoms with van der Waals surface area (Å²) in [6.07, 6.45) is 10.2. The van der Waals surface area contributed by atoms with Crippen molar-refractivity contribution in [1.29, 1.82) is 0 Å². The average Bonchev–Trinajstić information content (AvgIpc) is 2.61. The maximum absolute atomic E-state index is 8.32. The third kappa shape index (κ3) is 2.92. The summed E-state index contributed by atoms with van der Waals surface area (Å²) in [7, 11) is 0. The van der Waals surface area contributed by atoms with Gasteiger partial charge in [-0.2, -0.15) is 0 Å². The zero-order valence-electron chi connectivity index (χ0n) is 7.63. The number of oxime groups is 1. The van der Waals surface area contributed by atoms with Gasteiger partial charge in [-0.1, -0.05) is 5.16 Å². The van der Waals surface area contributed by atoms with Crippen LogP contribution >= 0.6 is 0 Å². The highest BCUT2D eigenvalue weighted by molar-refractivity contribution is 5.73. The van der Waals surface area contributed by atoms with Crippen LogP contribution in [0.2, 0.25) is 0 Å². The van der Waals surface area contributed by atoms with Gasteiger partial charge in [-0.3, -0.25) is 0 Å². The molecule has 0 atom stereocenters. The minimum absolute atomic E-state index is 0.350. The summed E-state index contributed by atoms with van der Waals surface area (Å²) < 4.78 is 6.95. The molecule has 5 nitrogen and oxygen atoms in total. The van der Waals surface area contributed by atoms with Crippen molar-refractivity contribution in [2.75, 3.05) is 6.61 Å². The Morgan fingerprint density at radius 3 is 3.36 bits per heavy atom. The zero-order valence-corrected chi connectivity index (χ0v) is 7.63. The lowest BCUT2D eigenvalue weighted by Crippen LogP contribution is -2.06. The molecule has 0 spiro atoms. The quantitative estimate of drug-likeness (QED) is 0.246. The van der Waals surface area contributed by atoms with Gasteiger partial charge in [0, 0.05) is 18.8 Å². The van der Waals surface area contributed by atoms with E-state index in [1.165, 1.54) is 6.21 Å². The second kappa shape index (κ2) is 5.78. The van der Waals surface area contributed by atoms with Crippen LogP contribution in [0.1, 0.15) is 12.2 Å². The first-order valence-electron chi connectivity index (χ1n) is 4.08. The van der Waals surface area contributed by atoms with E-state index in [1.807, 2.05) is 0 Å². The van der Waals surface area contributed by atoms with Crippen molar-refractivity contribution < 1.29 is 9.94 Å². The highest BCUT2D eigenvalue weighted by atomic mass is 16.5. The van der Waals surface area contributed by atoms with E-state index >= 15 is 0 Å². The topological polar surface area (TPSA) is 59.6 Å². The van der Waals surface area contributed by atoms with Crippen molar-refractivity contribution in [1.82, 2.24) is 9.55 Å². The third-order valence-electron chi connectivity index (χ3n) is 1.54. The molecule has 0 aliphatic heterocycles. The average molecular weight is 193 g/mol. The number of nitrogens with zero attached hydrogens (tertiary/aromatic N) is 3. The second-order valence-electron chi connectivity index (χ2n) is 2.49. The summed E-state index contributed by atoms with van der Waals surface area (Å²) in [4.78, 5) is 3.94. The van der Waals surface area contributed by atoms with Crippen LogP contribution in [-0.2, 0) is 11.5 Å². The highest BCUT2D eigenvalue weighted by Gasteiger charge is 1.98. The number of hydrogen-bond acceptors (Lipinski definition) is 4. The smallest absolute Gasteiger partial charge is 0.156 e. The molecule has 1 rings (SSSR count). The van der Waals surface area contributed by atoms with E-state index in [2.05, 4.69) is 16.1 Å². The normalized spacial score (nSPS) is 10.5. The molecule has 0 aliphatic rings. The van der Waals surface area contributed by atoms with Gasteiger partial charge >= 0.3 is 0 Å². The Labute approximate surface area is 82.0 Å². The Balaban J connectivity index is 2.42. The number of rotatable bonds is 5. The van der Waals surface area contributed by atoms with Crippen molar-refractivity contribution >= 4 is 6.21 Å². The lowest BCUT2D eigenvalue weighted by molar-refractivity contribution is 0.0812. The fourth-order valence-corrected chi connectivity index (χ4v) is 0.903. The molecule has 1 aromatic rings. The molecular formula is C9H11N3O2. The first-order valence-corrected chi connectivity index (χ1v) is 4.08. The lowest BCUT2D eigenvalue weighted by Gasteiger charge is -2.04. The summed E-state index contributed by atoms with van der Waals surface area (Å²) in [6.45, 7) is 0.855. The van der Waals surface area contributed by atoms with Gasteiger partial charge in [-0.15, -0.1) is 12.3 Å². The first-order chi connectivity index (χ1) is 6.88. The lowest BCUT2D eigenvalue weighted by atomic mass is 10.5. The van der Waals surface area contributed by atoms with Crippen molar-refractivity contribution in [3.8, 4) is 12.3 Å². The fourth-order valence-electron chi connectivity index (χ4n) is 0.903. The summed E-state index contributed by atoms with van der Waals surface area (Å²) in [6, 6.07) is 0. The molecule has 0 saturated heterocycles. The molecule has 1 N–H and O–H groups in total. The zero-order chi connectivity index (χ0) is 10.2. The molecular weight excluding hydrogens is 182 g/mol. The molecule has 0 radical (unpaired) electrons. The van der Waals surface area contributed by atoms with Crippen LogP contribution in [-0.4, -0.2) is 27.6 Å². The Morgan fingerprint density at radius 1 is 1.79 bits per heavy atom. The van der Waals surface area contributed by atoms with E-state index < -0.39 is 0 Å². The van der Waals surface area contributed by atoms with E-state index in [1.54, 1.807) is 17.0 Å². The molecule has 0 unspecified atom stereocenters. The Bertz CT molecular complexity index is 338. The van der Waals surface area contributed by atoms with E-state index in [4.69, 9.17) is 16.4 Å². The van der Waals surface area contributed by atoms with Gasteiger partial charge in [0.2, 0.25) is 0 Å². The summed E-state index contributed by atoms with van der Waals surface area (Å²) in [5, 5.41) is 11.2. The van der Waals surface area contributed by atoms with Gasteiger partial charge in [-0.25, -0.2) is 4.98 Å². The minimum atomic E-state index is 0.350. The number of imidazole rings is 1. The maximum Gasteiger partial charge on any atom is 0.156 e. The SMILES string of the molecule is C#CCCOCn1ccnc1/C=N/O. The Kier molecular flexibility index (Phi) is 4.24. The van der Waals surface area contributed by atoms with Crippen molar-refractivity contribution in [2.45, 2.75) is 13.2 Å². The van der Waals surface area contributed by atoms with Gasteiger partial charge in [0.1, 0.15) is 12.9 Å². The van der Waals surface area contributed by atoms with Crippen LogP contribution in [0.15, 0.2) is 17.5 Å². The van der Waals surface area contributed by atoms with E-state index in [0.717, 1.165) is 0 Å². The van der Waals surface area contributed by atoms with Crippen LogP contribution in [0.4, 0.5) is 0 Å². The molecule has 14 heavy (non-hydrogen) atoms. The molecule has 74 valence electrons. The third-order valence-corrected chi connectivity index (χ3v) is 1.54. The van der Waals surface area contributed by atoms with Crippen molar-refractivity contribution in [3.05, 3.63) is 18.2 Å². The van der Waals surface area contributed by atoms with Gasteiger partial charge in [0.05, 0.1) is 6.61 Å². The van der Waals surface area contributed by atoms with Crippen LogP contribution in [0, 0.1) is 12.3 Å². The van der Waals surface area contributed by atoms with E-state index in [9.17, 15) is 0 Å². The maximum atomic E-state index is 8.32. The number of ether oxygens (including phenoxy) is 1. The van der Waals surface area contributed by atoms with E-state index in [0.29, 0.717) is 25.6 Å². The van der Waals surface area contributed by atoms with E-state index in [-0.39, 0.29) is 0 Å². The predicted octanol–water partition coefficient (Wildman–Crippen LogP) is 0.689. The van der Waals surface area contributed by atoms with Crippen LogP contribution in [0.3, 0.4) is 0 Å². The van der Waals surface area contributed by atoms with Crippen molar-refractivity contribution in [2.24, 2.45) is 5.16 Å². The predicted molar refractivity (Wildman–Crippen MR) is 51.0 cm³/mol. The molecule has 1 heterocycles. The number of hydrogen-bond donors (Lipinski definition) is 1. The monoisotopic (exact) mass is 193 g/mol. The molecule has 0 amide bonds. The largest absolute Gasteiger partial charge is 0.411 e. The highest BCUT2D eigenvalue weighted by Crippen LogP contribution is 1.95. The van der Waals surface area contributed by atoms with Crippen LogP contribution < -0.4 is 0 Å². The minimum Gasteiger partial charge on any atom is -0.411 e. The van der Waals surface area contributed by atoms with Gasteiger partial charge in [0.15, 0.2) is 5.82 Å². The molecule has 0 bridgehead atoms. The molecule has 0 aromatic carbocycles. The van der Waals surface area contributed by atoms with Gasteiger partial charge in [-0.05, 0) is 0 Å². The van der Waals surface area contributed by atoms with Crippen LogP contribution in [0.5, 0.6) is 0 Å². The summed E-state index contributed by atoms with van der Waals surface area (Å²) in [5.74, 6) is 3.01. The molecule has 0 fully saturated rings. The summed E-state index contributed by atoms with van der Waals surface area (Å²) >= 11 is 0. The number of aromatic nitrogens is 2. The van der Waals surface area contributed by atoms with Crippen molar-refractivity contribution in [3.63, 3.8) is 0 Å². The van der Waals surface area contributed by atoms with Gasteiger partial charge < -0.3 is 14.5 Å². The fraction of sp³-hybridized carbons (Fsp3) is 0.333. The van der Waals surface area contributed by atoms with Crippen LogP contribution in [0.25, 0.3) is 0 Å². The van der Waals surface area contributed by atoms with Gasteiger partial charge in [0.25, 0.3) is 0 Å². The summed E-state index contributed by atoms with van der Waals surface area (Å²) in [5.41, 5.74) is 0. The first kappa shape index (κ1) is 10.3. The molecule has 0 aliphatic carbocycles. The standard InChI is InChI=1S/C9H11N3O2/c1-2-3-6-14-8-12-5-4-10-9(12)7-11-13/h1,4-5,7,13H,3,6,8H2/b11-7+.